The van der Waals surface area contributed by atoms with E-state index < -0.39 is 36.5 Å². The lowest BCUT2D eigenvalue weighted by molar-refractivity contribution is -0.00479. The molecule has 0 fully saturated rings. The maximum atomic E-state index is 13.6. The lowest BCUT2D eigenvalue weighted by atomic mass is 9.78. The summed E-state index contributed by atoms with van der Waals surface area (Å²) >= 11 is 4.56. The first-order chi connectivity index (χ1) is 8.78. The first kappa shape index (κ1) is 14.2. The van der Waals surface area contributed by atoms with E-state index in [1.165, 1.54) is 0 Å². The molecule has 0 spiro atoms. The number of carbonyl (C=O) groups excluding carboxylic acids is 1. The summed E-state index contributed by atoms with van der Waals surface area (Å²) < 4.78 is 47.2. The van der Waals surface area contributed by atoms with Crippen molar-refractivity contribution in [2.24, 2.45) is 0 Å². The van der Waals surface area contributed by atoms with Crippen LogP contribution in [0, 0.1) is 5.82 Å². The van der Waals surface area contributed by atoms with Crippen molar-refractivity contribution in [3.63, 3.8) is 0 Å². The third-order valence-corrected chi connectivity index (χ3v) is 2.59. The predicted molar refractivity (Wildman–Crippen MR) is 59.9 cm³/mol. The molecule has 1 aromatic carbocycles. The van der Waals surface area contributed by atoms with Crippen molar-refractivity contribution in [3.05, 3.63) is 29.1 Å². The molecule has 1 aromatic rings. The van der Waals surface area contributed by atoms with Crippen LogP contribution >= 0.6 is 11.6 Å². The number of halogens is 4. The molecule has 102 valence electrons. The average Bonchev–Trinajstić information content (AvgIpc) is 2.65. The van der Waals surface area contributed by atoms with Gasteiger partial charge >= 0.3 is 18.5 Å². The Labute approximate surface area is 111 Å². The zero-order chi connectivity index (χ0) is 14.2. The molecule has 0 saturated heterocycles. The minimum atomic E-state index is -3.72. The van der Waals surface area contributed by atoms with Crippen molar-refractivity contribution in [2.45, 2.75) is 12.0 Å². The SMILES string of the molecule is O=C(OCC(F)(F)Cl)c1cc2c(cc1F)COB2O. The van der Waals surface area contributed by atoms with Gasteiger partial charge in [0.25, 0.3) is 0 Å². The molecule has 1 aliphatic rings. The van der Waals surface area contributed by atoms with Gasteiger partial charge < -0.3 is 14.4 Å². The van der Waals surface area contributed by atoms with Gasteiger partial charge in [0.1, 0.15) is 5.82 Å². The van der Waals surface area contributed by atoms with Crippen LogP contribution in [0.25, 0.3) is 0 Å². The third kappa shape index (κ3) is 3.20. The van der Waals surface area contributed by atoms with E-state index in [4.69, 9.17) is 4.65 Å². The summed E-state index contributed by atoms with van der Waals surface area (Å²) in [6.45, 7) is -1.37. The van der Waals surface area contributed by atoms with E-state index in [9.17, 15) is 23.0 Å². The maximum absolute atomic E-state index is 13.6. The Morgan fingerprint density at radius 1 is 1.58 bits per heavy atom. The quantitative estimate of drug-likeness (QED) is 0.514. The first-order valence-corrected chi connectivity index (χ1v) is 5.51. The Hall–Kier alpha value is -1.25. The molecule has 19 heavy (non-hydrogen) atoms. The van der Waals surface area contributed by atoms with Gasteiger partial charge in [-0.25, -0.2) is 9.18 Å². The fourth-order valence-corrected chi connectivity index (χ4v) is 1.68. The van der Waals surface area contributed by atoms with E-state index in [2.05, 4.69) is 16.3 Å². The standard InChI is InChI=1S/C10H7BClF3O4/c12-10(14,15)4-18-9(16)6-2-7-5(1-8(6)13)3-19-11(7)17/h1-2,17H,3-4H2. The topological polar surface area (TPSA) is 55.8 Å². The van der Waals surface area contributed by atoms with Gasteiger partial charge in [-0.3, -0.25) is 0 Å². The van der Waals surface area contributed by atoms with Gasteiger partial charge in [0, 0.05) is 0 Å². The summed E-state index contributed by atoms with van der Waals surface area (Å²) in [6.07, 6.45) is 0. The second-order valence-corrected chi connectivity index (χ2v) is 4.44. The minimum absolute atomic E-state index is 0.00248. The number of esters is 1. The molecule has 0 aliphatic carbocycles. The van der Waals surface area contributed by atoms with E-state index in [1.807, 2.05) is 0 Å². The average molecular weight is 294 g/mol. The molecule has 0 amide bonds. The van der Waals surface area contributed by atoms with Crippen LogP contribution in [0.3, 0.4) is 0 Å². The number of hydrogen-bond donors (Lipinski definition) is 1. The minimum Gasteiger partial charge on any atom is -0.454 e. The van der Waals surface area contributed by atoms with Crippen molar-refractivity contribution < 1.29 is 32.4 Å². The maximum Gasteiger partial charge on any atom is 0.491 e. The van der Waals surface area contributed by atoms with E-state index in [1.54, 1.807) is 0 Å². The first-order valence-electron chi connectivity index (χ1n) is 5.14. The normalized spacial score (nSPS) is 14.5. The summed E-state index contributed by atoms with van der Waals surface area (Å²) in [5.74, 6) is -2.24. The molecule has 4 nitrogen and oxygen atoms in total. The molecule has 0 aromatic heterocycles. The van der Waals surface area contributed by atoms with Crippen molar-refractivity contribution in [3.8, 4) is 0 Å². The molecular weight excluding hydrogens is 287 g/mol. The molecule has 0 bridgehead atoms. The van der Waals surface area contributed by atoms with Gasteiger partial charge in [0.2, 0.25) is 0 Å². The van der Waals surface area contributed by atoms with Crippen LogP contribution in [0.5, 0.6) is 0 Å². The lowest BCUT2D eigenvalue weighted by Crippen LogP contribution is -2.30. The Bertz CT molecular complexity index is 520. The number of carbonyl (C=O) groups is 1. The van der Waals surface area contributed by atoms with Crippen molar-refractivity contribution >= 4 is 30.2 Å². The number of rotatable bonds is 3. The Balaban J connectivity index is 2.21. The zero-order valence-electron chi connectivity index (χ0n) is 9.33. The van der Waals surface area contributed by atoms with Crippen LogP contribution in [0.15, 0.2) is 12.1 Å². The van der Waals surface area contributed by atoms with Gasteiger partial charge in [-0.05, 0) is 34.8 Å². The molecule has 2 rings (SSSR count). The number of benzene rings is 1. The van der Waals surface area contributed by atoms with Gasteiger partial charge in [-0.1, -0.05) is 0 Å². The fraction of sp³-hybridized carbons (Fsp3) is 0.300. The highest BCUT2D eigenvalue weighted by molar-refractivity contribution is 6.61. The second kappa shape index (κ2) is 5.03. The Morgan fingerprint density at radius 3 is 2.89 bits per heavy atom. The largest absolute Gasteiger partial charge is 0.491 e. The van der Waals surface area contributed by atoms with E-state index in [0.717, 1.165) is 12.1 Å². The van der Waals surface area contributed by atoms with Crippen LogP contribution in [0.1, 0.15) is 15.9 Å². The third-order valence-electron chi connectivity index (χ3n) is 2.48. The Morgan fingerprint density at radius 2 is 2.26 bits per heavy atom. The molecule has 9 heteroatoms. The molecule has 0 unspecified atom stereocenters. The summed E-state index contributed by atoms with van der Waals surface area (Å²) in [7, 11) is -1.28. The van der Waals surface area contributed by atoms with E-state index in [-0.39, 0.29) is 12.1 Å². The predicted octanol–water partition coefficient (Wildman–Crippen LogP) is 1.03. The number of hydrogen-bond acceptors (Lipinski definition) is 4. The van der Waals surface area contributed by atoms with E-state index >= 15 is 0 Å². The number of alkyl halides is 3. The van der Waals surface area contributed by atoms with Crippen LogP contribution in [0.2, 0.25) is 0 Å². The molecule has 0 saturated carbocycles. The van der Waals surface area contributed by atoms with Crippen molar-refractivity contribution in [2.75, 3.05) is 6.61 Å². The monoisotopic (exact) mass is 294 g/mol. The molecule has 0 atom stereocenters. The summed E-state index contributed by atoms with van der Waals surface area (Å²) in [5.41, 5.74) is 0.0134. The highest BCUT2D eigenvalue weighted by Gasteiger charge is 2.32. The molecule has 1 heterocycles. The second-order valence-electron chi connectivity index (χ2n) is 3.89. The number of ether oxygens (including phenoxy) is 1. The lowest BCUT2D eigenvalue weighted by Gasteiger charge is -2.10. The van der Waals surface area contributed by atoms with Crippen molar-refractivity contribution in [1.82, 2.24) is 0 Å². The van der Waals surface area contributed by atoms with Gasteiger partial charge in [0.15, 0.2) is 6.61 Å². The van der Waals surface area contributed by atoms with Gasteiger partial charge in [0.05, 0.1) is 12.2 Å². The zero-order valence-corrected chi connectivity index (χ0v) is 10.1. The van der Waals surface area contributed by atoms with Gasteiger partial charge in [-0.15, -0.1) is 0 Å². The van der Waals surface area contributed by atoms with Crippen LogP contribution in [0.4, 0.5) is 13.2 Å². The van der Waals surface area contributed by atoms with Gasteiger partial charge in [-0.2, -0.15) is 8.78 Å². The molecular formula is C10H7BClF3O4. The summed E-state index contributed by atoms with van der Waals surface area (Å²) in [6, 6.07) is 2.00. The highest BCUT2D eigenvalue weighted by atomic mass is 35.5. The van der Waals surface area contributed by atoms with Crippen molar-refractivity contribution in [1.29, 1.82) is 0 Å². The van der Waals surface area contributed by atoms with Crippen LogP contribution in [-0.4, -0.2) is 30.1 Å². The molecule has 1 aliphatic heterocycles. The Kier molecular flexibility index (Phi) is 3.75. The number of fused-ring (bicyclic) bond motifs is 1. The molecule has 1 N–H and O–H groups in total. The summed E-state index contributed by atoms with van der Waals surface area (Å²) in [4.78, 5) is 11.4. The van der Waals surface area contributed by atoms with Crippen LogP contribution in [-0.2, 0) is 16.0 Å². The fourth-order valence-electron chi connectivity index (χ4n) is 1.63. The van der Waals surface area contributed by atoms with E-state index in [0.29, 0.717) is 5.56 Å². The highest BCUT2D eigenvalue weighted by Crippen LogP contribution is 2.20. The van der Waals surface area contributed by atoms with Crippen LogP contribution < -0.4 is 5.46 Å². The smallest absolute Gasteiger partial charge is 0.454 e. The molecule has 0 radical (unpaired) electrons. The summed E-state index contributed by atoms with van der Waals surface area (Å²) in [5, 5.41) is 5.68.